The number of unbranched alkanes of at least 4 members (excludes halogenated alkanes) is 5. The van der Waals surface area contributed by atoms with Crippen molar-refractivity contribution in [2.75, 3.05) is 0 Å². The van der Waals surface area contributed by atoms with Crippen LogP contribution in [0.3, 0.4) is 0 Å². The van der Waals surface area contributed by atoms with Crippen LogP contribution in [0.15, 0.2) is 72.8 Å². The van der Waals surface area contributed by atoms with Gasteiger partial charge in [0.2, 0.25) is 0 Å². The molecule has 0 saturated heterocycles. The van der Waals surface area contributed by atoms with E-state index in [0.29, 0.717) is 17.5 Å². The van der Waals surface area contributed by atoms with Crippen molar-refractivity contribution in [3.63, 3.8) is 0 Å². The van der Waals surface area contributed by atoms with Crippen LogP contribution in [-0.4, -0.2) is 11.1 Å². The van der Waals surface area contributed by atoms with Crippen LogP contribution < -0.4 is 5.11 Å². The average molecular weight is 460 g/mol. The molecule has 0 saturated carbocycles. The molecule has 0 bridgehead atoms. The lowest BCUT2D eigenvalue weighted by Crippen LogP contribution is -2.17. The standard InChI is InChI=1S/C19H30O3.C12H10/c1-5-6-7-8-9-10-11-14-12-15(18(21)22)13-16(17(14)20)19(2,3)4;1-3-7-11(8-4-1)12-9-5-2-6-10-12/h12-13,20H,5-11H2,1-4H3,(H,21,22);1-10H/p-1. The summed E-state index contributed by atoms with van der Waals surface area (Å²) in [6.07, 6.45) is 7.63. The van der Waals surface area contributed by atoms with Crippen molar-refractivity contribution in [1.82, 2.24) is 0 Å². The molecule has 0 atom stereocenters. The third-order valence-electron chi connectivity index (χ3n) is 5.90. The Balaban J connectivity index is 0.000000283. The second-order valence-electron chi connectivity index (χ2n) is 9.82. The smallest absolute Gasteiger partial charge is 0.335 e. The van der Waals surface area contributed by atoms with Crippen molar-refractivity contribution in [2.45, 2.75) is 78.1 Å². The molecule has 0 aromatic heterocycles. The fourth-order valence-electron chi connectivity index (χ4n) is 3.91. The predicted octanol–water partition coefficient (Wildman–Crippen LogP) is 8.01. The second kappa shape index (κ2) is 13.6. The fourth-order valence-corrected chi connectivity index (χ4v) is 3.91. The molecule has 34 heavy (non-hydrogen) atoms. The number of rotatable bonds is 9. The monoisotopic (exact) mass is 459 g/mol. The molecule has 0 spiro atoms. The van der Waals surface area contributed by atoms with E-state index in [-0.39, 0.29) is 16.7 Å². The van der Waals surface area contributed by atoms with E-state index >= 15 is 0 Å². The minimum atomic E-state index is -0.963. The van der Waals surface area contributed by atoms with Crippen LogP contribution >= 0.6 is 0 Å². The highest BCUT2D eigenvalue weighted by Gasteiger charge is 2.18. The Labute approximate surface area is 205 Å². The molecule has 1 N–H and O–H groups in total. The molecule has 0 aliphatic rings. The SMILES string of the molecule is CCCCCCCCc1cc(C(=O)O)cc(C(C)(C)C)c1[O-].c1ccc(-c2ccccc2)cc1. The molecule has 3 aromatic carbocycles. The Morgan fingerprint density at radius 1 is 0.794 bits per heavy atom. The van der Waals surface area contributed by atoms with E-state index in [1.807, 2.05) is 32.9 Å². The third kappa shape index (κ3) is 8.70. The normalized spacial score (nSPS) is 10.9. The Hall–Kier alpha value is -3.07. The van der Waals surface area contributed by atoms with E-state index in [9.17, 15) is 15.0 Å². The topological polar surface area (TPSA) is 60.4 Å². The van der Waals surface area contributed by atoms with Crippen LogP contribution in [0.4, 0.5) is 0 Å². The van der Waals surface area contributed by atoms with Crippen LogP contribution in [0.1, 0.15) is 87.7 Å². The first-order chi connectivity index (χ1) is 16.2. The summed E-state index contributed by atoms with van der Waals surface area (Å²) in [4.78, 5) is 11.3. The predicted molar refractivity (Wildman–Crippen MR) is 141 cm³/mol. The zero-order chi connectivity index (χ0) is 25.0. The molecule has 0 radical (unpaired) electrons. The molecular formula is C31H39O3-. The van der Waals surface area contributed by atoms with Gasteiger partial charge in [-0.1, -0.05) is 126 Å². The van der Waals surface area contributed by atoms with Crippen molar-refractivity contribution >= 4 is 5.97 Å². The van der Waals surface area contributed by atoms with E-state index in [2.05, 4.69) is 55.5 Å². The summed E-state index contributed by atoms with van der Waals surface area (Å²) in [7, 11) is 0. The van der Waals surface area contributed by atoms with Gasteiger partial charge in [-0.25, -0.2) is 4.79 Å². The Morgan fingerprint density at radius 2 is 1.29 bits per heavy atom. The van der Waals surface area contributed by atoms with Gasteiger partial charge in [-0.3, -0.25) is 0 Å². The van der Waals surface area contributed by atoms with Gasteiger partial charge in [0, 0.05) is 0 Å². The summed E-state index contributed by atoms with van der Waals surface area (Å²) in [5, 5.41) is 21.8. The highest BCUT2D eigenvalue weighted by Crippen LogP contribution is 2.33. The largest absolute Gasteiger partial charge is 0.872 e. The van der Waals surface area contributed by atoms with Crippen LogP contribution in [0.5, 0.6) is 5.75 Å². The summed E-state index contributed by atoms with van der Waals surface area (Å²) >= 11 is 0. The number of carbonyl (C=O) groups is 1. The van der Waals surface area contributed by atoms with Gasteiger partial charge in [-0.15, -0.1) is 5.75 Å². The number of aryl methyl sites for hydroxylation is 1. The molecule has 3 heteroatoms. The van der Waals surface area contributed by atoms with Crippen LogP contribution in [0, 0.1) is 0 Å². The maximum atomic E-state index is 12.6. The second-order valence-corrected chi connectivity index (χ2v) is 9.82. The highest BCUT2D eigenvalue weighted by molar-refractivity contribution is 5.88. The van der Waals surface area contributed by atoms with Crippen molar-refractivity contribution in [1.29, 1.82) is 0 Å². The van der Waals surface area contributed by atoms with Crippen LogP contribution in [0.25, 0.3) is 11.1 Å². The molecule has 0 fully saturated rings. The maximum absolute atomic E-state index is 12.6. The maximum Gasteiger partial charge on any atom is 0.335 e. The van der Waals surface area contributed by atoms with Gasteiger partial charge in [0.05, 0.1) is 5.56 Å². The molecule has 0 aliphatic carbocycles. The number of benzene rings is 3. The van der Waals surface area contributed by atoms with Gasteiger partial charge in [0.1, 0.15) is 0 Å². The molecule has 3 nitrogen and oxygen atoms in total. The van der Waals surface area contributed by atoms with Crippen molar-refractivity contribution in [3.05, 3.63) is 89.5 Å². The molecule has 3 aromatic rings. The van der Waals surface area contributed by atoms with Crippen LogP contribution in [0.2, 0.25) is 0 Å². The minimum absolute atomic E-state index is 0.0195. The van der Waals surface area contributed by atoms with E-state index < -0.39 is 5.97 Å². The first-order valence-corrected chi connectivity index (χ1v) is 12.4. The van der Waals surface area contributed by atoms with Gasteiger partial charge < -0.3 is 10.2 Å². The number of hydrogen-bond donors (Lipinski definition) is 1. The van der Waals surface area contributed by atoms with Gasteiger partial charge >= 0.3 is 5.97 Å². The summed E-state index contributed by atoms with van der Waals surface area (Å²) < 4.78 is 0. The third-order valence-corrected chi connectivity index (χ3v) is 5.90. The van der Waals surface area contributed by atoms with Gasteiger partial charge in [-0.05, 0) is 47.1 Å². The molecule has 3 rings (SSSR count). The molecule has 0 heterocycles. The van der Waals surface area contributed by atoms with Crippen LogP contribution in [-0.2, 0) is 11.8 Å². The van der Waals surface area contributed by atoms with Gasteiger partial charge in [0.25, 0.3) is 0 Å². The summed E-state index contributed by atoms with van der Waals surface area (Å²) in [6, 6.07) is 23.9. The summed E-state index contributed by atoms with van der Waals surface area (Å²) in [5.41, 5.74) is 3.70. The Kier molecular flexibility index (Phi) is 10.9. The van der Waals surface area contributed by atoms with Crippen molar-refractivity contribution < 1.29 is 15.0 Å². The van der Waals surface area contributed by atoms with E-state index in [1.165, 1.54) is 42.9 Å². The number of hydrogen-bond acceptors (Lipinski definition) is 2. The lowest BCUT2D eigenvalue weighted by Gasteiger charge is -2.29. The first-order valence-electron chi connectivity index (χ1n) is 12.4. The molecule has 0 aliphatic heterocycles. The highest BCUT2D eigenvalue weighted by atomic mass is 16.4. The average Bonchev–Trinajstić information content (AvgIpc) is 2.83. The van der Waals surface area contributed by atoms with E-state index in [4.69, 9.17) is 0 Å². The van der Waals surface area contributed by atoms with E-state index in [1.54, 1.807) is 6.07 Å². The number of carboxylic acids is 1. The lowest BCUT2D eigenvalue weighted by molar-refractivity contribution is -0.271. The quantitative estimate of drug-likeness (QED) is 0.330. The fraction of sp³-hybridized carbons (Fsp3) is 0.387. The van der Waals surface area contributed by atoms with E-state index in [0.717, 1.165) is 12.8 Å². The Morgan fingerprint density at radius 3 is 1.76 bits per heavy atom. The molecule has 0 unspecified atom stereocenters. The number of aromatic carboxylic acids is 1. The zero-order valence-electron chi connectivity index (χ0n) is 21.1. The number of carboxylic acid groups (broad SMARTS) is 1. The summed E-state index contributed by atoms with van der Waals surface area (Å²) in [6.45, 7) is 8.03. The van der Waals surface area contributed by atoms with Crippen molar-refractivity contribution in [3.8, 4) is 16.9 Å². The molecular weight excluding hydrogens is 420 g/mol. The zero-order valence-corrected chi connectivity index (χ0v) is 21.1. The Bertz CT molecular complexity index is 965. The van der Waals surface area contributed by atoms with Gasteiger partial charge in [0.15, 0.2) is 0 Å². The summed E-state index contributed by atoms with van der Waals surface area (Å²) in [5.74, 6) is -0.944. The first kappa shape index (κ1) is 27.2. The van der Waals surface area contributed by atoms with Gasteiger partial charge in [-0.2, -0.15) is 0 Å². The lowest BCUT2D eigenvalue weighted by atomic mass is 9.83. The molecule has 0 amide bonds. The molecule has 182 valence electrons. The minimum Gasteiger partial charge on any atom is -0.872 e. The van der Waals surface area contributed by atoms with Crippen molar-refractivity contribution in [2.24, 2.45) is 0 Å².